The summed E-state index contributed by atoms with van der Waals surface area (Å²) in [6.45, 7) is 4.26. The summed E-state index contributed by atoms with van der Waals surface area (Å²) < 4.78 is 11.1. The molecule has 0 saturated heterocycles. The maximum Gasteiger partial charge on any atom is 0.320 e. The van der Waals surface area contributed by atoms with E-state index in [1.807, 2.05) is 26.0 Å². The third-order valence-electron chi connectivity index (χ3n) is 2.53. The highest BCUT2D eigenvalue weighted by Gasteiger charge is 2.07. The van der Waals surface area contributed by atoms with E-state index in [1.165, 1.54) is 0 Å². The summed E-state index contributed by atoms with van der Waals surface area (Å²) in [5.41, 5.74) is 0.850. The van der Waals surface area contributed by atoms with Crippen molar-refractivity contribution >= 4 is 22.6 Å². The van der Waals surface area contributed by atoms with Crippen molar-refractivity contribution in [2.45, 2.75) is 25.5 Å². The first-order valence-electron chi connectivity index (χ1n) is 5.80. The minimum atomic E-state index is -0.850. The second-order valence-corrected chi connectivity index (χ2v) is 5.94. The molecule has 0 aliphatic carbocycles. The Balaban J connectivity index is 2.32. The number of urea groups is 1. The highest BCUT2D eigenvalue weighted by atomic mass is 32.2. The van der Waals surface area contributed by atoms with Crippen LogP contribution in [0.25, 0.3) is 0 Å². The Morgan fingerprint density at radius 3 is 2.83 bits per heavy atom. The van der Waals surface area contributed by atoms with Gasteiger partial charge in [0, 0.05) is 34.5 Å². The molecule has 0 radical (unpaired) electrons. The Morgan fingerprint density at radius 2 is 2.22 bits per heavy atom. The van der Waals surface area contributed by atoms with Crippen LogP contribution in [0.15, 0.2) is 18.2 Å². The minimum absolute atomic E-state index is 0.0856. The van der Waals surface area contributed by atoms with Crippen LogP contribution in [-0.4, -0.2) is 33.3 Å². The van der Waals surface area contributed by atoms with Crippen molar-refractivity contribution < 1.29 is 9.00 Å². The van der Waals surface area contributed by atoms with E-state index in [4.69, 9.17) is 0 Å². The van der Waals surface area contributed by atoms with Crippen LogP contribution in [0.5, 0.6) is 0 Å². The van der Waals surface area contributed by atoms with Crippen LogP contribution < -0.4 is 10.6 Å². The first-order chi connectivity index (χ1) is 8.49. The molecule has 2 amide bonds. The molecule has 0 bridgehead atoms. The van der Waals surface area contributed by atoms with Gasteiger partial charge in [0.15, 0.2) is 0 Å². The Labute approximate surface area is 110 Å². The van der Waals surface area contributed by atoms with Gasteiger partial charge in [0.25, 0.3) is 0 Å². The molecule has 0 unspecified atom stereocenters. The maximum atomic E-state index is 11.5. The van der Waals surface area contributed by atoms with Crippen molar-refractivity contribution in [1.29, 1.82) is 0 Å². The fourth-order valence-corrected chi connectivity index (χ4v) is 1.78. The van der Waals surface area contributed by atoms with Gasteiger partial charge in [-0.3, -0.25) is 9.53 Å². The van der Waals surface area contributed by atoms with Crippen molar-refractivity contribution in [3.8, 4) is 0 Å². The number of pyridine rings is 1. The number of hydrogen-bond donors (Lipinski definition) is 2. The van der Waals surface area contributed by atoms with E-state index < -0.39 is 10.8 Å². The Morgan fingerprint density at radius 1 is 1.50 bits per heavy atom. The zero-order valence-corrected chi connectivity index (χ0v) is 11.7. The average molecular weight is 269 g/mol. The molecule has 0 aliphatic heterocycles. The van der Waals surface area contributed by atoms with Crippen molar-refractivity contribution in [1.82, 2.24) is 10.3 Å². The van der Waals surface area contributed by atoms with Gasteiger partial charge in [0.1, 0.15) is 5.82 Å². The fourth-order valence-electron chi connectivity index (χ4n) is 1.33. The van der Waals surface area contributed by atoms with Crippen molar-refractivity contribution in [3.63, 3.8) is 0 Å². The van der Waals surface area contributed by atoms with Gasteiger partial charge in [-0.1, -0.05) is 13.0 Å². The quantitative estimate of drug-likeness (QED) is 0.854. The van der Waals surface area contributed by atoms with E-state index in [0.29, 0.717) is 18.8 Å². The van der Waals surface area contributed by atoms with Crippen molar-refractivity contribution in [3.05, 3.63) is 23.9 Å². The van der Waals surface area contributed by atoms with Gasteiger partial charge in [-0.25, -0.2) is 9.78 Å². The smallest absolute Gasteiger partial charge is 0.320 e. The predicted octanol–water partition coefficient (Wildman–Crippen LogP) is 1.67. The molecule has 0 spiro atoms. The SMILES string of the molecule is Cc1cccc(NC(=O)NCC[C@H](C)[S@@](C)=O)n1. The topological polar surface area (TPSA) is 71.1 Å². The zero-order valence-electron chi connectivity index (χ0n) is 10.9. The lowest BCUT2D eigenvalue weighted by molar-refractivity contribution is 0.252. The zero-order chi connectivity index (χ0) is 13.5. The van der Waals surface area contributed by atoms with E-state index >= 15 is 0 Å². The monoisotopic (exact) mass is 269 g/mol. The highest BCUT2D eigenvalue weighted by molar-refractivity contribution is 7.84. The lowest BCUT2D eigenvalue weighted by atomic mass is 10.3. The lowest BCUT2D eigenvalue weighted by Crippen LogP contribution is -2.31. The first kappa shape index (κ1) is 14.6. The predicted molar refractivity (Wildman–Crippen MR) is 74.1 cm³/mol. The molecule has 5 nitrogen and oxygen atoms in total. The van der Waals surface area contributed by atoms with Crippen LogP contribution in [0.4, 0.5) is 10.6 Å². The number of nitrogens with zero attached hydrogens (tertiary/aromatic N) is 1. The van der Waals surface area contributed by atoms with E-state index in [9.17, 15) is 9.00 Å². The normalized spacial score (nSPS) is 13.7. The number of amides is 2. The summed E-state index contributed by atoms with van der Waals surface area (Å²) in [7, 11) is -0.850. The minimum Gasteiger partial charge on any atom is -0.338 e. The largest absolute Gasteiger partial charge is 0.338 e. The fraction of sp³-hybridized carbons (Fsp3) is 0.500. The molecule has 0 aliphatic rings. The Kier molecular flexibility index (Phi) is 5.77. The number of nitrogens with one attached hydrogen (secondary N) is 2. The molecule has 1 aromatic rings. The van der Waals surface area contributed by atoms with Crippen molar-refractivity contribution in [2.24, 2.45) is 0 Å². The van der Waals surface area contributed by atoms with Crippen LogP contribution >= 0.6 is 0 Å². The second-order valence-electron chi connectivity index (χ2n) is 4.14. The number of carbonyl (C=O) groups is 1. The van der Waals surface area contributed by atoms with Crippen molar-refractivity contribution in [2.75, 3.05) is 18.1 Å². The Bertz CT molecular complexity index is 437. The van der Waals surface area contributed by atoms with Crippen LogP contribution in [0, 0.1) is 6.92 Å². The van der Waals surface area contributed by atoms with Gasteiger partial charge in [-0.15, -0.1) is 0 Å². The van der Waals surface area contributed by atoms with E-state index in [2.05, 4.69) is 15.6 Å². The molecule has 1 heterocycles. The van der Waals surface area contributed by atoms with Crippen LogP contribution in [-0.2, 0) is 10.8 Å². The molecule has 2 atom stereocenters. The number of rotatable bonds is 5. The lowest BCUT2D eigenvalue weighted by Gasteiger charge is -2.10. The van der Waals surface area contributed by atoms with E-state index in [-0.39, 0.29) is 11.3 Å². The summed E-state index contributed by atoms with van der Waals surface area (Å²) >= 11 is 0. The van der Waals surface area contributed by atoms with Gasteiger partial charge in [0.2, 0.25) is 0 Å². The molecular weight excluding hydrogens is 250 g/mol. The highest BCUT2D eigenvalue weighted by Crippen LogP contribution is 2.03. The number of aryl methyl sites for hydroxylation is 1. The molecule has 0 saturated carbocycles. The molecule has 6 heteroatoms. The molecule has 0 fully saturated rings. The summed E-state index contributed by atoms with van der Waals surface area (Å²) in [6, 6.07) is 5.14. The van der Waals surface area contributed by atoms with Gasteiger partial charge in [-0.2, -0.15) is 0 Å². The summed E-state index contributed by atoms with van der Waals surface area (Å²) in [5.74, 6) is 0.527. The van der Waals surface area contributed by atoms with Crippen LogP contribution in [0.3, 0.4) is 0 Å². The molecule has 100 valence electrons. The third-order valence-corrected chi connectivity index (χ3v) is 3.90. The third kappa shape index (κ3) is 5.27. The standard InChI is InChI=1S/C12H19N3O2S/c1-9-5-4-6-11(14-9)15-12(16)13-8-7-10(2)18(3)17/h4-6,10H,7-8H2,1-3H3,(H2,13,14,15,16)/t10-,18+/m0/s1. The molecule has 1 aromatic heterocycles. The number of anilines is 1. The number of aromatic nitrogens is 1. The van der Waals surface area contributed by atoms with E-state index in [0.717, 1.165) is 5.69 Å². The Hall–Kier alpha value is -1.43. The summed E-state index contributed by atoms with van der Waals surface area (Å²) in [5, 5.41) is 5.45. The van der Waals surface area contributed by atoms with Gasteiger partial charge < -0.3 is 5.32 Å². The summed E-state index contributed by atoms with van der Waals surface area (Å²) in [6.07, 6.45) is 2.36. The molecule has 18 heavy (non-hydrogen) atoms. The maximum absolute atomic E-state index is 11.5. The van der Waals surface area contributed by atoms with Gasteiger partial charge >= 0.3 is 6.03 Å². The van der Waals surface area contributed by atoms with E-state index in [1.54, 1.807) is 12.3 Å². The first-order valence-corrected chi connectivity index (χ1v) is 7.42. The molecule has 2 N–H and O–H groups in total. The average Bonchev–Trinajstić information content (AvgIpc) is 2.28. The summed E-state index contributed by atoms with van der Waals surface area (Å²) in [4.78, 5) is 15.7. The molecule has 1 rings (SSSR count). The molecular formula is C12H19N3O2S. The number of carbonyl (C=O) groups excluding carboxylic acids is 1. The molecule has 0 aromatic carbocycles. The van der Waals surface area contributed by atoms with Gasteiger partial charge in [-0.05, 0) is 25.5 Å². The van der Waals surface area contributed by atoms with Crippen LogP contribution in [0.2, 0.25) is 0 Å². The van der Waals surface area contributed by atoms with Crippen LogP contribution in [0.1, 0.15) is 19.0 Å². The number of hydrogen-bond acceptors (Lipinski definition) is 3. The van der Waals surface area contributed by atoms with Gasteiger partial charge in [0.05, 0.1) is 0 Å². The second kappa shape index (κ2) is 7.10.